The SMILES string of the molecule is Cc1ccccc1.c1ccc2c(c1)-c1ccccc1C21c2ccccc2-c2ccccc21. The van der Waals surface area contributed by atoms with Gasteiger partial charge in [-0.2, -0.15) is 0 Å². The van der Waals surface area contributed by atoms with Crippen molar-refractivity contribution in [3.05, 3.63) is 155 Å². The van der Waals surface area contributed by atoms with E-state index in [4.69, 9.17) is 0 Å². The monoisotopic (exact) mass is 408 g/mol. The third kappa shape index (κ3) is 2.56. The number of rotatable bonds is 0. The van der Waals surface area contributed by atoms with Crippen LogP contribution in [0.4, 0.5) is 0 Å². The van der Waals surface area contributed by atoms with E-state index >= 15 is 0 Å². The fourth-order valence-electron chi connectivity index (χ4n) is 5.58. The van der Waals surface area contributed by atoms with Gasteiger partial charge in [0, 0.05) is 0 Å². The smallest absolute Gasteiger partial charge is 0.0622 e. The lowest BCUT2D eigenvalue weighted by Gasteiger charge is -2.30. The molecule has 5 aromatic rings. The van der Waals surface area contributed by atoms with E-state index < -0.39 is 0 Å². The molecule has 0 bridgehead atoms. The van der Waals surface area contributed by atoms with Crippen LogP contribution in [0.15, 0.2) is 127 Å². The topological polar surface area (TPSA) is 0 Å². The van der Waals surface area contributed by atoms with E-state index in [-0.39, 0.29) is 5.41 Å². The van der Waals surface area contributed by atoms with Gasteiger partial charge in [-0.3, -0.25) is 0 Å². The minimum absolute atomic E-state index is 0.180. The van der Waals surface area contributed by atoms with E-state index in [0.29, 0.717) is 0 Å². The van der Waals surface area contributed by atoms with Gasteiger partial charge in [0.1, 0.15) is 0 Å². The standard InChI is InChI=1S/C25H16.C7H8/c1-5-13-21-17(9-1)18-10-2-6-14-22(18)25(21)23-15-7-3-11-19(23)20-12-4-8-16-24(20)25;1-7-5-3-2-4-6-7/h1-16H;2-6H,1H3. The second-order valence-corrected chi connectivity index (χ2v) is 8.59. The second-order valence-electron chi connectivity index (χ2n) is 8.59. The van der Waals surface area contributed by atoms with Crippen LogP contribution in [0.3, 0.4) is 0 Å². The van der Waals surface area contributed by atoms with Crippen molar-refractivity contribution in [3.63, 3.8) is 0 Å². The molecule has 0 aromatic heterocycles. The molecule has 0 amide bonds. The highest BCUT2D eigenvalue weighted by Crippen LogP contribution is 2.62. The Morgan fingerprint density at radius 2 is 0.625 bits per heavy atom. The second kappa shape index (κ2) is 7.35. The maximum atomic E-state index is 2.31. The summed E-state index contributed by atoms with van der Waals surface area (Å²) in [4.78, 5) is 0. The summed E-state index contributed by atoms with van der Waals surface area (Å²) in [6.45, 7) is 2.08. The molecule has 7 rings (SSSR count). The van der Waals surface area contributed by atoms with Crippen LogP contribution in [-0.4, -0.2) is 0 Å². The third-order valence-electron chi connectivity index (χ3n) is 6.85. The van der Waals surface area contributed by atoms with Crippen LogP contribution in [0.25, 0.3) is 22.3 Å². The van der Waals surface area contributed by atoms with Crippen LogP contribution in [-0.2, 0) is 5.41 Å². The van der Waals surface area contributed by atoms with Crippen molar-refractivity contribution >= 4 is 0 Å². The zero-order valence-electron chi connectivity index (χ0n) is 18.1. The van der Waals surface area contributed by atoms with Crippen LogP contribution in [0.1, 0.15) is 27.8 Å². The summed E-state index contributed by atoms with van der Waals surface area (Å²) in [5.74, 6) is 0. The largest absolute Gasteiger partial charge is 0.0725 e. The van der Waals surface area contributed by atoms with Gasteiger partial charge in [0.15, 0.2) is 0 Å². The maximum Gasteiger partial charge on any atom is 0.0725 e. The predicted molar refractivity (Wildman–Crippen MR) is 134 cm³/mol. The molecule has 0 heterocycles. The van der Waals surface area contributed by atoms with E-state index in [9.17, 15) is 0 Å². The first-order chi connectivity index (χ1) is 15.8. The zero-order chi connectivity index (χ0) is 21.5. The van der Waals surface area contributed by atoms with Crippen molar-refractivity contribution in [2.75, 3.05) is 0 Å². The van der Waals surface area contributed by atoms with Gasteiger partial charge in [-0.25, -0.2) is 0 Å². The Labute approximate surface area is 189 Å². The minimum atomic E-state index is -0.180. The average Bonchev–Trinajstić information content (AvgIpc) is 3.33. The summed E-state index contributed by atoms with van der Waals surface area (Å²) >= 11 is 0. The molecule has 0 nitrogen and oxygen atoms in total. The lowest BCUT2D eigenvalue weighted by atomic mass is 9.70. The highest BCUT2D eigenvalue weighted by molar-refractivity contribution is 5.94. The number of hydrogen-bond donors (Lipinski definition) is 0. The average molecular weight is 409 g/mol. The van der Waals surface area contributed by atoms with Crippen molar-refractivity contribution in [1.29, 1.82) is 0 Å². The summed E-state index contributed by atoms with van der Waals surface area (Å²) in [5.41, 5.74) is 12.2. The Hall–Kier alpha value is -3.90. The molecular weight excluding hydrogens is 384 g/mol. The molecular formula is C32H24. The van der Waals surface area contributed by atoms with Gasteiger partial charge in [0.2, 0.25) is 0 Å². The number of fused-ring (bicyclic) bond motifs is 10. The predicted octanol–water partition coefficient (Wildman–Crippen LogP) is 8.03. The molecule has 0 aliphatic heterocycles. The first-order valence-electron chi connectivity index (χ1n) is 11.2. The van der Waals surface area contributed by atoms with Crippen LogP contribution in [0.5, 0.6) is 0 Å². The Bertz CT molecular complexity index is 1240. The highest BCUT2D eigenvalue weighted by atomic mass is 14.5. The van der Waals surface area contributed by atoms with E-state index in [1.165, 1.54) is 50.1 Å². The van der Waals surface area contributed by atoms with Gasteiger partial charge < -0.3 is 0 Å². The molecule has 0 atom stereocenters. The molecule has 5 aromatic carbocycles. The van der Waals surface area contributed by atoms with Crippen LogP contribution >= 0.6 is 0 Å². The van der Waals surface area contributed by atoms with Crippen LogP contribution < -0.4 is 0 Å². The maximum absolute atomic E-state index is 2.31. The lowest BCUT2D eigenvalue weighted by molar-refractivity contribution is 0.794. The molecule has 2 aliphatic rings. The highest BCUT2D eigenvalue weighted by Gasteiger charge is 2.51. The number of hydrogen-bond acceptors (Lipinski definition) is 0. The summed E-state index contributed by atoms with van der Waals surface area (Å²) in [5, 5.41) is 0. The Morgan fingerprint density at radius 1 is 0.344 bits per heavy atom. The third-order valence-corrected chi connectivity index (χ3v) is 6.85. The van der Waals surface area contributed by atoms with Gasteiger partial charge in [0.25, 0.3) is 0 Å². The normalized spacial score (nSPS) is 13.4. The van der Waals surface area contributed by atoms with Crippen molar-refractivity contribution < 1.29 is 0 Å². The van der Waals surface area contributed by atoms with Gasteiger partial charge in [-0.1, -0.05) is 133 Å². The molecule has 0 N–H and O–H groups in total. The first-order valence-corrected chi connectivity index (χ1v) is 11.2. The lowest BCUT2D eigenvalue weighted by Crippen LogP contribution is -2.25. The number of aryl methyl sites for hydroxylation is 1. The van der Waals surface area contributed by atoms with Crippen molar-refractivity contribution in [1.82, 2.24) is 0 Å². The minimum Gasteiger partial charge on any atom is -0.0622 e. The fraction of sp³-hybridized carbons (Fsp3) is 0.0625. The van der Waals surface area contributed by atoms with E-state index in [2.05, 4.69) is 116 Å². The van der Waals surface area contributed by atoms with Gasteiger partial charge >= 0.3 is 0 Å². The molecule has 0 radical (unpaired) electrons. The fourth-order valence-corrected chi connectivity index (χ4v) is 5.58. The Morgan fingerprint density at radius 3 is 0.906 bits per heavy atom. The molecule has 2 aliphatic carbocycles. The number of benzene rings is 5. The Kier molecular flexibility index (Phi) is 4.33. The molecule has 32 heavy (non-hydrogen) atoms. The van der Waals surface area contributed by atoms with E-state index in [1.54, 1.807) is 0 Å². The van der Waals surface area contributed by atoms with Gasteiger partial charge in [-0.05, 0) is 51.4 Å². The van der Waals surface area contributed by atoms with Crippen LogP contribution in [0, 0.1) is 6.92 Å². The van der Waals surface area contributed by atoms with Crippen molar-refractivity contribution in [2.24, 2.45) is 0 Å². The van der Waals surface area contributed by atoms with Crippen molar-refractivity contribution in [2.45, 2.75) is 12.3 Å². The molecule has 0 fully saturated rings. The summed E-state index contributed by atoms with van der Waals surface area (Å²) in [6.07, 6.45) is 0. The molecule has 152 valence electrons. The molecule has 0 saturated carbocycles. The van der Waals surface area contributed by atoms with Gasteiger partial charge in [-0.15, -0.1) is 0 Å². The van der Waals surface area contributed by atoms with Gasteiger partial charge in [0.05, 0.1) is 5.41 Å². The molecule has 0 heteroatoms. The molecule has 0 saturated heterocycles. The van der Waals surface area contributed by atoms with E-state index in [0.717, 1.165) is 0 Å². The molecule has 0 unspecified atom stereocenters. The van der Waals surface area contributed by atoms with Crippen LogP contribution in [0.2, 0.25) is 0 Å². The molecule has 1 spiro atoms. The summed E-state index contributed by atoms with van der Waals surface area (Å²) in [6, 6.07) is 45.9. The summed E-state index contributed by atoms with van der Waals surface area (Å²) in [7, 11) is 0. The Balaban J connectivity index is 0.000000241. The van der Waals surface area contributed by atoms with E-state index in [1.807, 2.05) is 18.2 Å². The first kappa shape index (κ1) is 18.8. The quantitative estimate of drug-likeness (QED) is 0.238. The van der Waals surface area contributed by atoms with Crippen molar-refractivity contribution in [3.8, 4) is 22.3 Å². The zero-order valence-corrected chi connectivity index (χ0v) is 18.1. The summed E-state index contributed by atoms with van der Waals surface area (Å²) < 4.78 is 0.